The van der Waals surface area contributed by atoms with Crippen molar-refractivity contribution in [3.63, 3.8) is 0 Å². The summed E-state index contributed by atoms with van der Waals surface area (Å²) in [5, 5.41) is 1.57. The lowest BCUT2D eigenvalue weighted by Crippen LogP contribution is -2.41. The Kier molecular flexibility index (Phi) is 3.68. The summed E-state index contributed by atoms with van der Waals surface area (Å²) in [5.74, 6) is 3.00. The zero-order valence-corrected chi connectivity index (χ0v) is 15.5. The molecule has 120 valence electrons. The third-order valence-corrected chi connectivity index (χ3v) is 7.99. The van der Waals surface area contributed by atoms with Crippen LogP contribution in [-0.2, 0) is 6.42 Å². The zero-order chi connectivity index (χ0) is 16.0. The molecule has 3 aliphatic carbocycles. The van der Waals surface area contributed by atoms with Crippen LogP contribution in [0.3, 0.4) is 0 Å². The molecule has 0 aliphatic heterocycles. The molecule has 3 aliphatic rings. The highest BCUT2D eigenvalue weighted by atomic mass is 28.3. The second-order valence-corrected chi connectivity index (χ2v) is 13.7. The molecule has 3 fully saturated rings. The minimum absolute atomic E-state index is 0.932. The highest BCUT2D eigenvalue weighted by molar-refractivity contribution is 6.89. The van der Waals surface area contributed by atoms with E-state index in [1.54, 1.807) is 10.8 Å². The van der Waals surface area contributed by atoms with Gasteiger partial charge in [0.1, 0.15) is 0 Å². The van der Waals surface area contributed by atoms with Crippen LogP contribution in [0.4, 0.5) is 0 Å². The molecule has 1 aromatic heterocycles. The number of hydrogen-bond donors (Lipinski definition) is 0. The second kappa shape index (κ2) is 5.59. The maximum atomic E-state index is 4.81. The predicted molar refractivity (Wildman–Crippen MR) is 101 cm³/mol. The zero-order valence-electron chi connectivity index (χ0n) is 14.5. The van der Waals surface area contributed by atoms with Gasteiger partial charge in [0.05, 0.1) is 13.8 Å². The van der Waals surface area contributed by atoms with Gasteiger partial charge in [-0.1, -0.05) is 50.0 Å². The standard InChI is InChI=1S/C21H27NSi/c1-23(2,3)21-14-22-20(16-7-5-4-6-8-16)13-19(21)12-18-11-15-9-17(18)10-15/h4-8,13-15,17-18H,9-12H2,1-3H3. The molecule has 23 heavy (non-hydrogen) atoms. The Balaban J connectivity index is 1.70. The molecule has 2 bridgehead atoms. The fourth-order valence-corrected chi connectivity index (χ4v) is 6.22. The van der Waals surface area contributed by atoms with Gasteiger partial charge in [-0.2, -0.15) is 0 Å². The van der Waals surface area contributed by atoms with Gasteiger partial charge in [-0.05, 0) is 60.3 Å². The number of nitrogens with zero attached hydrogens (tertiary/aromatic N) is 1. The SMILES string of the molecule is C[Si](C)(C)c1cnc(-c2ccccc2)cc1CC1CC2CC1C2. The molecule has 0 spiro atoms. The molecule has 1 atom stereocenters. The van der Waals surface area contributed by atoms with Crippen LogP contribution < -0.4 is 5.19 Å². The minimum Gasteiger partial charge on any atom is -0.256 e. The van der Waals surface area contributed by atoms with Gasteiger partial charge in [0.2, 0.25) is 0 Å². The molecule has 2 heteroatoms. The minimum atomic E-state index is -1.34. The van der Waals surface area contributed by atoms with Crippen LogP contribution in [0.5, 0.6) is 0 Å². The fraction of sp³-hybridized carbons (Fsp3) is 0.476. The molecule has 0 saturated heterocycles. The Morgan fingerprint density at radius 3 is 2.39 bits per heavy atom. The normalized spacial score (nSPS) is 26.1. The molecule has 0 radical (unpaired) electrons. The van der Waals surface area contributed by atoms with Gasteiger partial charge >= 0.3 is 0 Å². The number of rotatable bonds is 4. The van der Waals surface area contributed by atoms with Crippen LogP contribution in [0.15, 0.2) is 42.6 Å². The van der Waals surface area contributed by atoms with E-state index < -0.39 is 8.07 Å². The first kappa shape index (κ1) is 15.1. The van der Waals surface area contributed by atoms with E-state index in [1.807, 2.05) is 0 Å². The molecule has 1 nitrogen and oxygen atoms in total. The topological polar surface area (TPSA) is 12.9 Å². The first-order chi connectivity index (χ1) is 11.0. The Morgan fingerprint density at radius 2 is 1.78 bits per heavy atom. The third kappa shape index (κ3) is 2.89. The largest absolute Gasteiger partial charge is 0.256 e. The Bertz CT molecular complexity index is 696. The molecule has 5 rings (SSSR count). The molecule has 1 heterocycles. The third-order valence-electron chi connectivity index (χ3n) is 5.92. The van der Waals surface area contributed by atoms with Crippen LogP contribution in [0.25, 0.3) is 11.3 Å². The highest BCUT2D eigenvalue weighted by Crippen LogP contribution is 2.53. The first-order valence-electron chi connectivity index (χ1n) is 9.05. The van der Waals surface area contributed by atoms with Crippen molar-refractivity contribution in [1.29, 1.82) is 0 Å². The summed E-state index contributed by atoms with van der Waals surface area (Å²) in [6.45, 7) is 7.35. The monoisotopic (exact) mass is 321 g/mol. The summed E-state index contributed by atoms with van der Waals surface area (Å²) in [6.07, 6.45) is 7.96. The quantitative estimate of drug-likeness (QED) is 0.731. The van der Waals surface area contributed by atoms with Crippen molar-refractivity contribution in [2.24, 2.45) is 17.8 Å². The van der Waals surface area contributed by atoms with Crippen LogP contribution in [0.1, 0.15) is 24.8 Å². The lowest BCUT2D eigenvalue weighted by molar-refractivity contribution is 0.274. The molecule has 1 aromatic carbocycles. The van der Waals surface area contributed by atoms with E-state index in [4.69, 9.17) is 4.98 Å². The second-order valence-electron chi connectivity index (χ2n) is 8.64. The van der Waals surface area contributed by atoms with Gasteiger partial charge in [-0.25, -0.2) is 0 Å². The van der Waals surface area contributed by atoms with E-state index in [9.17, 15) is 0 Å². The molecular weight excluding hydrogens is 294 g/mol. The number of hydrogen-bond acceptors (Lipinski definition) is 1. The maximum absolute atomic E-state index is 4.81. The fourth-order valence-electron chi connectivity index (χ4n) is 4.63. The van der Waals surface area contributed by atoms with Crippen molar-refractivity contribution in [3.8, 4) is 11.3 Å². The summed E-state index contributed by atoms with van der Waals surface area (Å²) in [5.41, 5.74) is 3.98. The highest BCUT2D eigenvalue weighted by Gasteiger charge is 2.44. The van der Waals surface area contributed by atoms with Crippen LogP contribution in [-0.4, -0.2) is 13.1 Å². The first-order valence-corrected chi connectivity index (χ1v) is 12.6. The summed E-state index contributed by atoms with van der Waals surface area (Å²) in [7, 11) is -1.34. The number of benzene rings is 1. The summed E-state index contributed by atoms with van der Waals surface area (Å²) in [6, 6.07) is 13.0. The Labute approximate surface area is 141 Å². The average Bonchev–Trinajstić information content (AvgIpc) is 3.06. The van der Waals surface area contributed by atoms with Gasteiger partial charge in [0.25, 0.3) is 0 Å². The van der Waals surface area contributed by atoms with Crippen molar-refractivity contribution in [2.45, 2.75) is 45.3 Å². The van der Waals surface area contributed by atoms with E-state index >= 15 is 0 Å². The maximum Gasteiger partial charge on any atom is 0.0799 e. The van der Waals surface area contributed by atoms with Crippen molar-refractivity contribution < 1.29 is 0 Å². The lowest BCUT2D eigenvalue weighted by Gasteiger charge is -2.26. The number of aromatic nitrogens is 1. The molecule has 0 N–H and O–H groups in total. The molecule has 0 amide bonds. The van der Waals surface area contributed by atoms with Crippen LogP contribution in [0.2, 0.25) is 19.6 Å². The van der Waals surface area contributed by atoms with E-state index in [0.29, 0.717) is 0 Å². The van der Waals surface area contributed by atoms with E-state index in [1.165, 1.54) is 31.2 Å². The van der Waals surface area contributed by atoms with Crippen molar-refractivity contribution in [2.75, 3.05) is 0 Å². The average molecular weight is 322 g/mol. The summed E-state index contributed by atoms with van der Waals surface area (Å²) >= 11 is 0. The van der Waals surface area contributed by atoms with Gasteiger partial charge in [-0.3, -0.25) is 4.98 Å². The van der Waals surface area contributed by atoms with Gasteiger partial charge in [0.15, 0.2) is 0 Å². The number of pyridine rings is 1. The molecular formula is C21H27NSi. The van der Waals surface area contributed by atoms with Crippen LogP contribution in [0, 0.1) is 17.8 Å². The molecule has 1 unspecified atom stereocenters. The number of fused-ring (bicyclic) bond motifs is 1. The van der Waals surface area contributed by atoms with E-state index in [2.05, 4.69) is 62.2 Å². The smallest absolute Gasteiger partial charge is 0.0799 e. The van der Waals surface area contributed by atoms with Crippen LogP contribution >= 0.6 is 0 Å². The summed E-state index contributed by atoms with van der Waals surface area (Å²) < 4.78 is 0. The van der Waals surface area contributed by atoms with Gasteiger partial charge in [0, 0.05) is 11.8 Å². The lowest BCUT2D eigenvalue weighted by atomic mass is 9.81. The van der Waals surface area contributed by atoms with Crippen molar-refractivity contribution in [1.82, 2.24) is 4.98 Å². The van der Waals surface area contributed by atoms with Crippen molar-refractivity contribution >= 4 is 13.3 Å². The molecule has 2 aromatic rings. The van der Waals surface area contributed by atoms with E-state index in [-0.39, 0.29) is 0 Å². The molecule has 3 saturated carbocycles. The predicted octanol–water partition coefficient (Wildman–Crippen LogP) is 4.88. The van der Waals surface area contributed by atoms with Gasteiger partial charge < -0.3 is 0 Å². The van der Waals surface area contributed by atoms with Crippen molar-refractivity contribution in [3.05, 3.63) is 48.2 Å². The van der Waals surface area contributed by atoms with E-state index in [0.717, 1.165) is 23.4 Å². The Morgan fingerprint density at radius 1 is 1.04 bits per heavy atom. The Hall–Kier alpha value is -1.41. The van der Waals surface area contributed by atoms with Gasteiger partial charge in [-0.15, -0.1) is 0 Å². The summed E-state index contributed by atoms with van der Waals surface area (Å²) in [4.78, 5) is 4.81.